The molecule has 8 heteroatoms. The normalized spacial score (nSPS) is 16.4. The van der Waals surface area contributed by atoms with Gasteiger partial charge in [-0.2, -0.15) is 0 Å². The van der Waals surface area contributed by atoms with Crippen LogP contribution < -0.4 is 0 Å². The van der Waals surface area contributed by atoms with Crippen LogP contribution in [0.1, 0.15) is 12.0 Å². The lowest BCUT2D eigenvalue weighted by atomic mass is 9.99. The smallest absolute Gasteiger partial charge is 0.379 e. The molecular weight excluding hydrogens is 290 g/mol. The van der Waals surface area contributed by atoms with Crippen LogP contribution >= 0.6 is 0 Å². The third kappa shape index (κ3) is 3.77. The monoisotopic (exact) mass is 309 g/mol. The molecule has 8 nitrogen and oxygen atoms in total. The Labute approximate surface area is 128 Å². The highest BCUT2D eigenvalue weighted by Crippen LogP contribution is 2.22. The number of morpholine rings is 1. The molecule has 1 aliphatic heterocycles. The van der Waals surface area contributed by atoms with E-state index in [9.17, 15) is 20.2 Å². The molecule has 0 saturated carbocycles. The summed E-state index contributed by atoms with van der Waals surface area (Å²) in [6, 6.07) is 9.11. The van der Waals surface area contributed by atoms with Crippen LogP contribution in [0.4, 0.5) is 0 Å². The molecule has 0 aromatic heterocycles. The summed E-state index contributed by atoms with van der Waals surface area (Å²) in [5, 5.41) is 22.9. The summed E-state index contributed by atoms with van der Waals surface area (Å²) >= 11 is 0. The van der Waals surface area contributed by atoms with E-state index in [0.717, 1.165) is 5.56 Å². The molecular formula is C14H19N3O5. The molecule has 0 amide bonds. The Morgan fingerprint density at radius 3 is 2.23 bits per heavy atom. The van der Waals surface area contributed by atoms with Crippen LogP contribution in [0.2, 0.25) is 0 Å². The first-order valence-corrected chi connectivity index (χ1v) is 7.17. The van der Waals surface area contributed by atoms with Gasteiger partial charge in [0.15, 0.2) is 0 Å². The predicted molar refractivity (Wildman–Crippen MR) is 78.7 cm³/mol. The molecule has 0 atom stereocenters. The molecule has 0 aliphatic carbocycles. The Kier molecular flexibility index (Phi) is 5.40. The summed E-state index contributed by atoms with van der Waals surface area (Å²) < 4.78 is 5.18. The van der Waals surface area contributed by atoms with Crippen LogP contribution in [0, 0.1) is 20.2 Å². The second-order valence-corrected chi connectivity index (χ2v) is 5.37. The maximum absolute atomic E-state index is 11.5. The maximum Gasteiger partial charge on any atom is 0.471 e. The van der Waals surface area contributed by atoms with E-state index in [1.54, 1.807) is 4.90 Å². The molecule has 0 bridgehead atoms. The lowest BCUT2D eigenvalue weighted by Crippen LogP contribution is -2.56. The zero-order valence-electron chi connectivity index (χ0n) is 12.2. The van der Waals surface area contributed by atoms with Crippen LogP contribution in [0.3, 0.4) is 0 Å². The van der Waals surface area contributed by atoms with Gasteiger partial charge >= 0.3 is 5.66 Å². The fraction of sp³-hybridized carbons (Fsp3) is 0.571. The SMILES string of the molecule is O=[N+]([O-])C(CCc1ccccc1)(CN1CCOCC1)[N+](=O)[O-]. The minimum atomic E-state index is -2.17. The maximum atomic E-state index is 11.5. The number of nitro groups is 2. The molecule has 0 spiro atoms. The van der Waals surface area contributed by atoms with Crippen molar-refractivity contribution in [3.05, 3.63) is 56.1 Å². The number of aryl methyl sites for hydroxylation is 1. The average Bonchev–Trinajstić information content (AvgIpc) is 2.53. The van der Waals surface area contributed by atoms with Crippen molar-refractivity contribution in [1.82, 2.24) is 4.90 Å². The summed E-state index contributed by atoms with van der Waals surface area (Å²) in [7, 11) is 0. The standard InChI is InChI=1S/C14H19N3O5/c18-16(19)14(17(20)21,12-15-8-10-22-11-9-15)7-6-13-4-2-1-3-5-13/h1-5H,6-12H2. The molecule has 1 aromatic carbocycles. The topological polar surface area (TPSA) is 98.8 Å². The van der Waals surface area contributed by atoms with Gasteiger partial charge in [-0.05, 0) is 12.0 Å². The third-order valence-electron chi connectivity index (χ3n) is 3.92. The van der Waals surface area contributed by atoms with E-state index in [2.05, 4.69) is 0 Å². The molecule has 0 radical (unpaired) electrons. The van der Waals surface area contributed by atoms with Crippen molar-refractivity contribution in [3.63, 3.8) is 0 Å². The van der Waals surface area contributed by atoms with Gasteiger partial charge in [-0.25, -0.2) is 0 Å². The minimum Gasteiger partial charge on any atom is -0.379 e. The molecule has 1 saturated heterocycles. The van der Waals surface area contributed by atoms with Gasteiger partial charge in [-0.1, -0.05) is 30.3 Å². The number of hydrogen-bond acceptors (Lipinski definition) is 6. The molecule has 120 valence electrons. The number of nitrogens with zero attached hydrogens (tertiary/aromatic N) is 3. The summed E-state index contributed by atoms with van der Waals surface area (Å²) in [5.41, 5.74) is -1.31. The highest BCUT2D eigenvalue weighted by molar-refractivity contribution is 5.14. The van der Waals surface area contributed by atoms with Gasteiger partial charge in [0, 0.05) is 13.1 Å². The fourth-order valence-electron chi connectivity index (χ4n) is 2.55. The molecule has 22 heavy (non-hydrogen) atoms. The largest absolute Gasteiger partial charge is 0.471 e. The van der Waals surface area contributed by atoms with Crippen LogP contribution in [0.5, 0.6) is 0 Å². The summed E-state index contributed by atoms with van der Waals surface area (Å²) in [6.07, 6.45) is 0.168. The van der Waals surface area contributed by atoms with Crippen LogP contribution in [0.25, 0.3) is 0 Å². The summed E-state index contributed by atoms with van der Waals surface area (Å²) in [6.45, 7) is 1.67. The first-order valence-electron chi connectivity index (χ1n) is 7.17. The molecule has 1 heterocycles. The lowest BCUT2D eigenvalue weighted by Gasteiger charge is -2.29. The van der Waals surface area contributed by atoms with E-state index in [0.29, 0.717) is 32.7 Å². The second kappa shape index (κ2) is 7.28. The van der Waals surface area contributed by atoms with Crippen molar-refractivity contribution in [2.24, 2.45) is 0 Å². The van der Waals surface area contributed by atoms with Gasteiger partial charge in [-0.3, -0.25) is 25.1 Å². The van der Waals surface area contributed by atoms with Gasteiger partial charge in [0.25, 0.3) is 0 Å². The zero-order chi connectivity index (χ0) is 16.0. The third-order valence-corrected chi connectivity index (χ3v) is 3.92. The number of rotatable bonds is 7. The fourth-order valence-corrected chi connectivity index (χ4v) is 2.55. The van der Waals surface area contributed by atoms with Gasteiger partial charge in [0.2, 0.25) is 0 Å². The van der Waals surface area contributed by atoms with Crippen molar-refractivity contribution in [3.8, 4) is 0 Å². The van der Waals surface area contributed by atoms with E-state index in [1.807, 2.05) is 30.3 Å². The summed E-state index contributed by atoms with van der Waals surface area (Å²) in [5.74, 6) is 0. The minimum absolute atomic E-state index is 0.131. The Bertz CT molecular complexity index is 502. The van der Waals surface area contributed by atoms with Crippen molar-refractivity contribution < 1.29 is 14.6 Å². The summed E-state index contributed by atoms with van der Waals surface area (Å²) in [4.78, 5) is 23.2. The van der Waals surface area contributed by atoms with Crippen LogP contribution in [-0.4, -0.2) is 53.3 Å². The van der Waals surface area contributed by atoms with E-state index >= 15 is 0 Å². The molecule has 1 aliphatic rings. The Balaban J connectivity index is 2.13. The molecule has 1 fully saturated rings. The predicted octanol–water partition coefficient (Wildman–Crippen LogP) is 1.20. The number of benzene rings is 1. The highest BCUT2D eigenvalue weighted by Gasteiger charge is 2.56. The quantitative estimate of drug-likeness (QED) is 0.426. The molecule has 1 aromatic rings. The highest BCUT2D eigenvalue weighted by atomic mass is 16.7. The van der Waals surface area contributed by atoms with Crippen LogP contribution in [0.15, 0.2) is 30.3 Å². The van der Waals surface area contributed by atoms with Crippen molar-refractivity contribution in [2.75, 3.05) is 32.8 Å². The van der Waals surface area contributed by atoms with Gasteiger partial charge in [0.1, 0.15) is 6.54 Å². The first-order chi connectivity index (χ1) is 10.5. The van der Waals surface area contributed by atoms with Crippen molar-refractivity contribution in [1.29, 1.82) is 0 Å². The van der Waals surface area contributed by atoms with Gasteiger partial charge in [0.05, 0.1) is 29.5 Å². The average molecular weight is 309 g/mol. The first kappa shape index (κ1) is 16.3. The Hall–Kier alpha value is -2.06. The van der Waals surface area contributed by atoms with Gasteiger partial charge < -0.3 is 4.74 Å². The zero-order valence-corrected chi connectivity index (χ0v) is 12.2. The van der Waals surface area contributed by atoms with Gasteiger partial charge in [-0.15, -0.1) is 0 Å². The van der Waals surface area contributed by atoms with Crippen molar-refractivity contribution in [2.45, 2.75) is 18.5 Å². The van der Waals surface area contributed by atoms with Crippen molar-refractivity contribution >= 4 is 0 Å². The second-order valence-electron chi connectivity index (χ2n) is 5.37. The Morgan fingerprint density at radius 1 is 1.09 bits per heavy atom. The van der Waals surface area contributed by atoms with Crippen LogP contribution in [-0.2, 0) is 11.2 Å². The number of ether oxygens (including phenoxy) is 1. The molecule has 0 N–H and O–H groups in total. The Morgan fingerprint density at radius 2 is 1.68 bits per heavy atom. The molecule has 0 unspecified atom stereocenters. The van der Waals surface area contributed by atoms with E-state index in [1.165, 1.54) is 0 Å². The lowest BCUT2D eigenvalue weighted by molar-refractivity contribution is -0.797. The number of hydrogen-bond donors (Lipinski definition) is 0. The molecule has 2 rings (SSSR count). The van der Waals surface area contributed by atoms with E-state index in [-0.39, 0.29) is 13.0 Å². The van der Waals surface area contributed by atoms with E-state index in [4.69, 9.17) is 4.74 Å². The van der Waals surface area contributed by atoms with E-state index < -0.39 is 15.5 Å².